The summed E-state index contributed by atoms with van der Waals surface area (Å²) in [6.07, 6.45) is 1.20. The van der Waals surface area contributed by atoms with Crippen LogP contribution in [0, 0.1) is 17.0 Å². The summed E-state index contributed by atoms with van der Waals surface area (Å²) in [4.78, 5) is 49.0. The Bertz CT molecular complexity index is 1260. The third-order valence-corrected chi connectivity index (χ3v) is 4.67. The number of nitro benzene ring substituents is 1. The van der Waals surface area contributed by atoms with Gasteiger partial charge in [-0.3, -0.25) is 25.0 Å². The molecule has 9 heteroatoms. The van der Waals surface area contributed by atoms with E-state index < -0.39 is 22.8 Å². The van der Waals surface area contributed by atoms with Gasteiger partial charge in [-0.1, -0.05) is 29.8 Å². The summed E-state index contributed by atoms with van der Waals surface area (Å²) in [6.45, 7) is 1.86. The fourth-order valence-corrected chi connectivity index (χ4v) is 3.14. The molecule has 1 aliphatic rings. The molecular formula is C22H15N3O6. The van der Waals surface area contributed by atoms with Crippen molar-refractivity contribution in [2.75, 3.05) is 4.90 Å². The van der Waals surface area contributed by atoms with Crippen LogP contribution in [-0.4, -0.2) is 22.8 Å². The minimum atomic E-state index is -0.859. The minimum absolute atomic E-state index is 0.129. The maximum Gasteiger partial charge on any atom is 0.335 e. The first-order valence-corrected chi connectivity index (χ1v) is 9.17. The van der Waals surface area contributed by atoms with Gasteiger partial charge < -0.3 is 4.42 Å². The number of carbonyl (C=O) groups excluding carboxylic acids is 3. The van der Waals surface area contributed by atoms with E-state index in [0.29, 0.717) is 5.69 Å². The smallest absolute Gasteiger partial charge is 0.335 e. The van der Waals surface area contributed by atoms with E-state index in [1.165, 1.54) is 36.4 Å². The highest BCUT2D eigenvalue weighted by atomic mass is 16.6. The molecule has 1 aromatic heterocycles. The molecule has 9 nitrogen and oxygen atoms in total. The van der Waals surface area contributed by atoms with Crippen LogP contribution >= 0.6 is 0 Å². The van der Waals surface area contributed by atoms with Crippen LogP contribution in [0.4, 0.5) is 16.2 Å². The van der Waals surface area contributed by atoms with Gasteiger partial charge in [0.2, 0.25) is 0 Å². The monoisotopic (exact) mass is 417 g/mol. The molecular weight excluding hydrogens is 402 g/mol. The number of aryl methyl sites for hydroxylation is 1. The standard InChI is InChI=1S/C22H15N3O6/c1-13-6-8-14(9-7-13)24-21(27)17(20(26)23-22(24)28)12-15-10-11-19(31-15)16-4-2-3-5-18(16)25(29)30/h2-12H,1H3,(H,23,26,28)/b17-12+. The van der Waals surface area contributed by atoms with Crippen molar-refractivity contribution in [1.82, 2.24) is 5.32 Å². The number of barbiturate groups is 1. The van der Waals surface area contributed by atoms with Gasteiger partial charge in [0.25, 0.3) is 17.5 Å². The summed E-state index contributed by atoms with van der Waals surface area (Å²) in [6, 6.07) is 14.8. The number of anilines is 1. The predicted octanol–water partition coefficient (Wildman–Crippen LogP) is 3.83. The molecule has 1 aliphatic heterocycles. The van der Waals surface area contributed by atoms with E-state index >= 15 is 0 Å². The number of nitrogens with one attached hydrogen (secondary N) is 1. The molecule has 4 amide bonds. The van der Waals surface area contributed by atoms with Gasteiger partial charge in [-0.05, 0) is 43.3 Å². The summed E-state index contributed by atoms with van der Waals surface area (Å²) in [7, 11) is 0. The Balaban J connectivity index is 1.69. The molecule has 2 aromatic carbocycles. The first-order chi connectivity index (χ1) is 14.8. The highest BCUT2D eigenvalue weighted by Gasteiger charge is 2.37. The second-order valence-corrected chi connectivity index (χ2v) is 6.77. The molecule has 1 N–H and O–H groups in total. The quantitative estimate of drug-likeness (QED) is 0.298. The van der Waals surface area contributed by atoms with Gasteiger partial charge in [0.15, 0.2) is 0 Å². The van der Waals surface area contributed by atoms with Crippen LogP contribution in [0.2, 0.25) is 0 Å². The average molecular weight is 417 g/mol. The fraction of sp³-hybridized carbons (Fsp3) is 0.0455. The van der Waals surface area contributed by atoms with Crippen LogP contribution in [-0.2, 0) is 9.59 Å². The lowest BCUT2D eigenvalue weighted by atomic mass is 10.1. The number of imide groups is 2. The van der Waals surface area contributed by atoms with Gasteiger partial charge in [-0.15, -0.1) is 0 Å². The van der Waals surface area contributed by atoms with E-state index in [-0.39, 0.29) is 28.3 Å². The van der Waals surface area contributed by atoms with Crippen molar-refractivity contribution in [1.29, 1.82) is 0 Å². The van der Waals surface area contributed by atoms with E-state index in [0.717, 1.165) is 10.5 Å². The number of hydrogen-bond acceptors (Lipinski definition) is 6. The molecule has 31 heavy (non-hydrogen) atoms. The number of hydrogen-bond donors (Lipinski definition) is 1. The second kappa shape index (κ2) is 7.71. The largest absolute Gasteiger partial charge is 0.456 e. The van der Waals surface area contributed by atoms with Crippen LogP contribution in [0.3, 0.4) is 0 Å². The zero-order valence-electron chi connectivity index (χ0n) is 16.2. The van der Waals surface area contributed by atoms with Gasteiger partial charge in [0, 0.05) is 6.07 Å². The molecule has 0 spiro atoms. The fourth-order valence-electron chi connectivity index (χ4n) is 3.14. The maximum atomic E-state index is 12.9. The van der Waals surface area contributed by atoms with Crippen LogP contribution in [0.15, 0.2) is 70.7 Å². The van der Waals surface area contributed by atoms with E-state index in [1.54, 1.807) is 30.3 Å². The zero-order chi connectivity index (χ0) is 22.1. The summed E-state index contributed by atoms with van der Waals surface area (Å²) < 4.78 is 5.63. The summed E-state index contributed by atoms with van der Waals surface area (Å²) >= 11 is 0. The summed E-state index contributed by atoms with van der Waals surface area (Å²) in [5, 5.41) is 13.4. The van der Waals surface area contributed by atoms with Crippen molar-refractivity contribution in [2.45, 2.75) is 6.92 Å². The van der Waals surface area contributed by atoms with Crippen LogP contribution in [0.5, 0.6) is 0 Å². The molecule has 0 radical (unpaired) electrons. The van der Waals surface area contributed by atoms with Crippen LogP contribution < -0.4 is 10.2 Å². The molecule has 154 valence electrons. The van der Waals surface area contributed by atoms with E-state index in [1.807, 2.05) is 6.92 Å². The number of nitro groups is 1. The lowest BCUT2D eigenvalue weighted by molar-refractivity contribution is -0.384. The summed E-state index contributed by atoms with van der Waals surface area (Å²) in [5.41, 5.74) is 1.07. The lowest BCUT2D eigenvalue weighted by Gasteiger charge is -2.26. The molecule has 2 heterocycles. The van der Waals surface area contributed by atoms with Crippen molar-refractivity contribution < 1.29 is 23.7 Å². The lowest BCUT2D eigenvalue weighted by Crippen LogP contribution is -2.54. The highest BCUT2D eigenvalue weighted by Crippen LogP contribution is 2.31. The van der Waals surface area contributed by atoms with Gasteiger partial charge >= 0.3 is 6.03 Å². The molecule has 0 saturated carbocycles. The number of carbonyl (C=O) groups is 3. The van der Waals surface area contributed by atoms with Crippen molar-refractivity contribution in [3.05, 3.63) is 87.7 Å². The maximum absolute atomic E-state index is 12.9. The number of para-hydroxylation sites is 1. The Kier molecular flexibility index (Phi) is 4.92. The molecule has 0 aliphatic carbocycles. The van der Waals surface area contributed by atoms with Crippen molar-refractivity contribution in [3.8, 4) is 11.3 Å². The zero-order valence-corrected chi connectivity index (χ0v) is 16.2. The molecule has 0 unspecified atom stereocenters. The Hall–Kier alpha value is -4.53. The second-order valence-electron chi connectivity index (χ2n) is 6.77. The van der Waals surface area contributed by atoms with Gasteiger partial charge in [-0.25, -0.2) is 9.69 Å². The normalized spacial score (nSPS) is 15.3. The highest BCUT2D eigenvalue weighted by molar-refractivity contribution is 6.39. The molecule has 1 saturated heterocycles. The molecule has 4 rings (SSSR count). The Morgan fingerprint density at radius 1 is 1.00 bits per heavy atom. The third-order valence-electron chi connectivity index (χ3n) is 4.67. The molecule has 0 atom stereocenters. The Morgan fingerprint density at radius 2 is 1.71 bits per heavy atom. The topological polar surface area (TPSA) is 123 Å². The molecule has 3 aromatic rings. The van der Waals surface area contributed by atoms with Crippen molar-refractivity contribution >= 4 is 35.3 Å². The minimum Gasteiger partial charge on any atom is -0.456 e. The number of rotatable bonds is 4. The van der Waals surface area contributed by atoms with Gasteiger partial charge in [0.1, 0.15) is 17.1 Å². The number of benzene rings is 2. The van der Waals surface area contributed by atoms with E-state index in [4.69, 9.17) is 4.42 Å². The molecule has 1 fully saturated rings. The SMILES string of the molecule is Cc1ccc(N2C(=O)NC(=O)/C(=C\c3ccc(-c4ccccc4[N+](=O)[O-])o3)C2=O)cc1. The van der Waals surface area contributed by atoms with E-state index in [9.17, 15) is 24.5 Å². The summed E-state index contributed by atoms with van der Waals surface area (Å²) in [5.74, 6) is -1.33. The number of furan rings is 1. The van der Waals surface area contributed by atoms with Gasteiger partial charge in [0.05, 0.1) is 16.2 Å². The van der Waals surface area contributed by atoms with Gasteiger partial charge in [-0.2, -0.15) is 0 Å². The van der Waals surface area contributed by atoms with Crippen LogP contribution in [0.25, 0.3) is 17.4 Å². The van der Waals surface area contributed by atoms with Crippen molar-refractivity contribution in [2.24, 2.45) is 0 Å². The number of amides is 4. The first-order valence-electron chi connectivity index (χ1n) is 9.17. The number of urea groups is 1. The Morgan fingerprint density at radius 3 is 2.42 bits per heavy atom. The Labute approximate surface area is 175 Å². The van der Waals surface area contributed by atoms with E-state index in [2.05, 4.69) is 5.32 Å². The van der Waals surface area contributed by atoms with Crippen molar-refractivity contribution in [3.63, 3.8) is 0 Å². The third kappa shape index (κ3) is 3.71. The molecule has 0 bridgehead atoms. The first kappa shape index (κ1) is 19.8. The predicted molar refractivity (Wildman–Crippen MR) is 111 cm³/mol. The number of nitrogens with zero attached hydrogens (tertiary/aromatic N) is 2. The van der Waals surface area contributed by atoms with Crippen LogP contribution in [0.1, 0.15) is 11.3 Å². The average Bonchev–Trinajstić information content (AvgIpc) is 3.21.